The summed E-state index contributed by atoms with van der Waals surface area (Å²) < 4.78 is 5.18. The van der Waals surface area contributed by atoms with Crippen molar-refractivity contribution >= 4 is 17.6 Å². The molecule has 118 valence electrons. The third-order valence-electron chi connectivity index (χ3n) is 4.09. The predicted octanol–water partition coefficient (Wildman–Crippen LogP) is 3.13. The van der Waals surface area contributed by atoms with Gasteiger partial charge in [-0.05, 0) is 44.0 Å². The van der Waals surface area contributed by atoms with Gasteiger partial charge in [0.15, 0.2) is 6.61 Å². The number of aryl methyl sites for hydroxylation is 1. The van der Waals surface area contributed by atoms with Gasteiger partial charge in [0.25, 0.3) is 5.91 Å². The van der Waals surface area contributed by atoms with Crippen molar-refractivity contribution in [2.75, 3.05) is 11.5 Å². The van der Waals surface area contributed by atoms with Crippen molar-refractivity contribution in [2.45, 2.75) is 26.3 Å². The molecule has 0 saturated heterocycles. The van der Waals surface area contributed by atoms with Crippen LogP contribution in [0.3, 0.4) is 0 Å². The van der Waals surface area contributed by atoms with E-state index >= 15 is 0 Å². The summed E-state index contributed by atoms with van der Waals surface area (Å²) >= 11 is 0. The number of carbonyl (C=O) groups is 2. The maximum atomic E-state index is 12.5. The fourth-order valence-electron chi connectivity index (χ4n) is 2.92. The Bertz CT molecular complexity index is 737. The molecule has 0 fully saturated rings. The number of benzene rings is 2. The summed E-state index contributed by atoms with van der Waals surface area (Å²) in [5, 5.41) is 0. The Labute approximate surface area is 135 Å². The Balaban J connectivity index is 1.66. The van der Waals surface area contributed by atoms with E-state index in [0.717, 1.165) is 23.2 Å². The van der Waals surface area contributed by atoms with Gasteiger partial charge in [-0.25, -0.2) is 4.79 Å². The van der Waals surface area contributed by atoms with Gasteiger partial charge in [0.05, 0.1) is 5.56 Å². The summed E-state index contributed by atoms with van der Waals surface area (Å²) in [7, 11) is 0. The van der Waals surface area contributed by atoms with Gasteiger partial charge in [0, 0.05) is 11.7 Å². The van der Waals surface area contributed by atoms with Crippen LogP contribution < -0.4 is 4.90 Å². The normalized spacial score (nSPS) is 16.1. The highest BCUT2D eigenvalue weighted by molar-refractivity contribution is 5.99. The van der Waals surface area contributed by atoms with E-state index in [9.17, 15) is 9.59 Å². The summed E-state index contributed by atoms with van der Waals surface area (Å²) in [6, 6.07) is 15.0. The lowest BCUT2D eigenvalue weighted by Gasteiger charge is -2.22. The minimum atomic E-state index is -0.474. The van der Waals surface area contributed by atoms with Crippen molar-refractivity contribution in [2.24, 2.45) is 0 Å². The van der Waals surface area contributed by atoms with E-state index in [-0.39, 0.29) is 18.6 Å². The molecule has 4 nitrogen and oxygen atoms in total. The van der Waals surface area contributed by atoms with E-state index < -0.39 is 5.97 Å². The first-order valence-corrected chi connectivity index (χ1v) is 7.70. The van der Waals surface area contributed by atoms with Crippen LogP contribution in [0.25, 0.3) is 0 Å². The molecule has 23 heavy (non-hydrogen) atoms. The summed E-state index contributed by atoms with van der Waals surface area (Å²) in [5.41, 5.74) is 3.59. The van der Waals surface area contributed by atoms with Crippen molar-refractivity contribution in [1.29, 1.82) is 0 Å². The lowest BCUT2D eigenvalue weighted by Crippen LogP contribution is -2.38. The molecule has 0 bridgehead atoms. The highest BCUT2D eigenvalue weighted by Gasteiger charge is 2.30. The maximum absolute atomic E-state index is 12.5. The molecule has 1 aliphatic rings. The van der Waals surface area contributed by atoms with Crippen LogP contribution in [0.1, 0.15) is 28.4 Å². The van der Waals surface area contributed by atoms with E-state index in [1.165, 1.54) is 0 Å². The molecule has 0 spiro atoms. The molecule has 0 N–H and O–H groups in total. The van der Waals surface area contributed by atoms with Crippen molar-refractivity contribution in [3.63, 3.8) is 0 Å². The summed E-state index contributed by atoms with van der Waals surface area (Å²) in [5.74, 6) is -0.665. The highest BCUT2D eigenvalue weighted by Crippen LogP contribution is 2.31. The highest BCUT2D eigenvalue weighted by atomic mass is 16.5. The third kappa shape index (κ3) is 3.11. The zero-order valence-electron chi connectivity index (χ0n) is 13.3. The molecule has 2 aromatic carbocycles. The van der Waals surface area contributed by atoms with Crippen molar-refractivity contribution < 1.29 is 14.3 Å². The number of esters is 1. The Morgan fingerprint density at radius 3 is 2.57 bits per heavy atom. The first-order chi connectivity index (χ1) is 11.1. The topological polar surface area (TPSA) is 46.6 Å². The number of carbonyl (C=O) groups excluding carboxylic acids is 2. The first kappa shape index (κ1) is 15.3. The van der Waals surface area contributed by atoms with Gasteiger partial charge in [0.2, 0.25) is 0 Å². The Kier molecular flexibility index (Phi) is 4.15. The largest absolute Gasteiger partial charge is 0.452 e. The SMILES string of the molecule is Cc1ccc(C(=O)OCC(=O)N2c3ccccc3C[C@@H]2C)cc1. The lowest BCUT2D eigenvalue weighted by atomic mass is 10.1. The lowest BCUT2D eigenvalue weighted by molar-refractivity contribution is -0.122. The quantitative estimate of drug-likeness (QED) is 0.818. The van der Waals surface area contributed by atoms with Gasteiger partial charge in [-0.15, -0.1) is 0 Å². The standard InChI is InChI=1S/C19H19NO3/c1-13-7-9-15(10-8-13)19(22)23-12-18(21)20-14(2)11-16-5-3-4-6-17(16)20/h3-10,14H,11-12H2,1-2H3/t14-/m0/s1. The molecular weight excluding hydrogens is 290 g/mol. The molecule has 0 aliphatic carbocycles. The number of para-hydroxylation sites is 1. The number of hydrogen-bond acceptors (Lipinski definition) is 3. The van der Waals surface area contributed by atoms with Gasteiger partial charge in [-0.1, -0.05) is 35.9 Å². The van der Waals surface area contributed by atoms with E-state index in [1.54, 1.807) is 17.0 Å². The molecule has 3 rings (SSSR count). The van der Waals surface area contributed by atoms with Crippen LogP contribution in [0.5, 0.6) is 0 Å². The van der Waals surface area contributed by atoms with Crippen LogP contribution in [0.2, 0.25) is 0 Å². The molecule has 0 radical (unpaired) electrons. The van der Waals surface area contributed by atoms with E-state index in [0.29, 0.717) is 5.56 Å². The molecule has 2 aromatic rings. The molecule has 1 amide bonds. The number of anilines is 1. The van der Waals surface area contributed by atoms with Crippen LogP contribution in [0, 0.1) is 6.92 Å². The second kappa shape index (κ2) is 6.24. The van der Waals surface area contributed by atoms with Crippen LogP contribution >= 0.6 is 0 Å². The van der Waals surface area contributed by atoms with Gasteiger partial charge in [0.1, 0.15) is 0 Å². The Hall–Kier alpha value is -2.62. The van der Waals surface area contributed by atoms with Crippen LogP contribution in [0.4, 0.5) is 5.69 Å². The fraction of sp³-hybridized carbons (Fsp3) is 0.263. The molecule has 0 aromatic heterocycles. The number of nitrogens with zero attached hydrogens (tertiary/aromatic N) is 1. The monoisotopic (exact) mass is 309 g/mol. The first-order valence-electron chi connectivity index (χ1n) is 7.70. The number of rotatable bonds is 3. The van der Waals surface area contributed by atoms with Gasteiger partial charge < -0.3 is 9.64 Å². The van der Waals surface area contributed by atoms with Crippen molar-refractivity contribution in [1.82, 2.24) is 0 Å². The minimum Gasteiger partial charge on any atom is -0.452 e. The molecule has 1 atom stereocenters. The van der Waals surface area contributed by atoms with Gasteiger partial charge >= 0.3 is 5.97 Å². The van der Waals surface area contributed by atoms with Crippen molar-refractivity contribution in [3.8, 4) is 0 Å². The van der Waals surface area contributed by atoms with Crippen LogP contribution in [0.15, 0.2) is 48.5 Å². The average Bonchev–Trinajstić information content (AvgIpc) is 2.88. The molecule has 1 heterocycles. The third-order valence-corrected chi connectivity index (χ3v) is 4.09. The van der Waals surface area contributed by atoms with E-state index in [1.807, 2.05) is 50.2 Å². The zero-order valence-corrected chi connectivity index (χ0v) is 13.3. The second-order valence-corrected chi connectivity index (χ2v) is 5.89. The van der Waals surface area contributed by atoms with Crippen LogP contribution in [-0.2, 0) is 16.0 Å². The minimum absolute atomic E-state index is 0.0815. The number of ether oxygens (including phenoxy) is 1. The summed E-state index contributed by atoms with van der Waals surface area (Å²) in [6.07, 6.45) is 0.827. The summed E-state index contributed by atoms with van der Waals surface area (Å²) in [4.78, 5) is 26.2. The Morgan fingerprint density at radius 2 is 1.83 bits per heavy atom. The molecule has 4 heteroatoms. The van der Waals surface area contributed by atoms with E-state index in [2.05, 4.69) is 0 Å². The molecule has 0 unspecified atom stereocenters. The number of amides is 1. The Morgan fingerprint density at radius 1 is 1.13 bits per heavy atom. The molecule has 0 saturated carbocycles. The van der Waals surface area contributed by atoms with Gasteiger partial charge in [-0.2, -0.15) is 0 Å². The maximum Gasteiger partial charge on any atom is 0.338 e. The van der Waals surface area contributed by atoms with Gasteiger partial charge in [-0.3, -0.25) is 4.79 Å². The zero-order chi connectivity index (χ0) is 16.4. The number of hydrogen-bond donors (Lipinski definition) is 0. The fourth-order valence-corrected chi connectivity index (χ4v) is 2.92. The average molecular weight is 309 g/mol. The molecular formula is C19H19NO3. The van der Waals surface area contributed by atoms with Crippen molar-refractivity contribution in [3.05, 3.63) is 65.2 Å². The predicted molar refractivity (Wildman–Crippen MR) is 88.6 cm³/mol. The summed E-state index contributed by atoms with van der Waals surface area (Å²) in [6.45, 7) is 3.70. The van der Waals surface area contributed by atoms with E-state index in [4.69, 9.17) is 4.74 Å². The van der Waals surface area contributed by atoms with Crippen LogP contribution in [-0.4, -0.2) is 24.5 Å². The second-order valence-electron chi connectivity index (χ2n) is 5.89. The number of fused-ring (bicyclic) bond motifs is 1. The smallest absolute Gasteiger partial charge is 0.338 e. The molecule has 1 aliphatic heterocycles.